The molecule has 1 saturated carbocycles. The highest BCUT2D eigenvalue weighted by Crippen LogP contribution is 2.44. The van der Waals surface area contributed by atoms with E-state index in [4.69, 9.17) is 15.2 Å². The number of hydrogen-bond acceptors (Lipinski definition) is 6. The van der Waals surface area contributed by atoms with Crippen molar-refractivity contribution in [3.8, 4) is 5.88 Å². The molecule has 32 heavy (non-hydrogen) atoms. The SMILES string of the molecule is C[C@]1(c2cc(NC(=O)c3cccc(OCC4CC4)n3)ccc2F)N=C(N)COCC1(F)F. The monoisotopic (exact) mass is 448 g/mol. The fraction of sp³-hybridized carbons (Fsp3) is 0.409. The van der Waals surface area contributed by atoms with Crippen LogP contribution in [-0.2, 0) is 10.3 Å². The summed E-state index contributed by atoms with van der Waals surface area (Å²) >= 11 is 0. The number of benzene rings is 1. The number of ether oxygens (including phenoxy) is 2. The summed E-state index contributed by atoms with van der Waals surface area (Å²) in [4.78, 5) is 20.7. The number of carbonyl (C=O) groups excluding carboxylic acids is 1. The first-order valence-electron chi connectivity index (χ1n) is 10.2. The van der Waals surface area contributed by atoms with Gasteiger partial charge in [0.25, 0.3) is 11.8 Å². The van der Waals surface area contributed by atoms with E-state index < -0.39 is 35.4 Å². The summed E-state index contributed by atoms with van der Waals surface area (Å²) in [7, 11) is 0. The summed E-state index contributed by atoms with van der Waals surface area (Å²) in [6.45, 7) is 0.371. The van der Waals surface area contributed by atoms with E-state index in [9.17, 15) is 18.0 Å². The number of nitrogens with zero attached hydrogens (tertiary/aromatic N) is 2. The van der Waals surface area contributed by atoms with Crippen molar-refractivity contribution in [3.63, 3.8) is 0 Å². The van der Waals surface area contributed by atoms with E-state index >= 15 is 0 Å². The molecule has 170 valence electrons. The van der Waals surface area contributed by atoms with Gasteiger partial charge < -0.3 is 20.5 Å². The van der Waals surface area contributed by atoms with Crippen LogP contribution >= 0.6 is 0 Å². The van der Waals surface area contributed by atoms with Crippen LogP contribution in [0.4, 0.5) is 18.9 Å². The van der Waals surface area contributed by atoms with Crippen LogP contribution in [-0.4, -0.2) is 42.5 Å². The first-order chi connectivity index (χ1) is 15.2. The van der Waals surface area contributed by atoms with Gasteiger partial charge in [-0.15, -0.1) is 0 Å². The van der Waals surface area contributed by atoms with Crippen molar-refractivity contribution in [1.82, 2.24) is 4.98 Å². The molecule has 1 aromatic carbocycles. The Labute approximate surface area is 182 Å². The lowest BCUT2D eigenvalue weighted by atomic mass is 9.85. The standard InChI is InChI=1S/C22H23F3N4O3/c1-21(22(24,25)12-31-11-18(26)29-21)15-9-14(7-8-16(15)23)27-20(30)17-3-2-4-19(28-17)32-10-13-5-6-13/h2-4,7-9,13H,5-6,10-12H2,1H3,(H2,26,29)(H,27,30)/t21-/m1/s1. The Morgan fingerprint density at radius 3 is 2.84 bits per heavy atom. The molecule has 0 spiro atoms. The van der Waals surface area contributed by atoms with Crippen LogP contribution in [0.3, 0.4) is 0 Å². The molecule has 2 aliphatic rings. The molecule has 1 amide bonds. The van der Waals surface area contributed by atoms with Gasteiger partial charge in [-0.1, -0.05) is 6.07 Å². The molecule has 1 aromatic heterocycles. The molecule has 0 radical (unpaired) electrons. The van der Waals surface area contributed by atoms with Gasteiger partial charge in [-0.3, -0.25) is 9.79 Å². The minimum Gasteiger partial charge on any atom is -0.477 e. The summed E-state index contributed by atoms with van der Waals surface area (Å²) in [5, 5.41) is 2.56. The first-order valence-corrected chi connectivity index (χ1v) is 10.2. The number of alkyl halides is 2. The Morgan fingerprint density at radius 1 is 1.31 bits per heavy atom. The van der Waals surface area contributed by atoms with Gasteiger partial charge in [-0.2, -0.15) is 0 Å². The summed E-state index contributed by atoms with van der Waals surface area (Å²) in [5.74, 6) is -4.37. The zero-order valence-corrected chi connectivity index (χ0v) is 17.4. The van der Waals surface area contributed by atoms with Crippen LogP contribution in [0.5, 0.6) is 5.88 Å². The van der Waals surface area contributed by atoms with Gasteiger partial charge in [0, 0.05) is 17.3 Å². The maximum atomic E-state index is 14.8. The summed E-state index contributed by atoms with van der Waals surface area (Å²) < 4.78 is 54.7. The maximum absolute atomic E-state index is 14.8. The average molecular weight is 448 g/mol. The summed E-state index contributed by atoms with van der Waals surface area (Å²) in [6, 6.07) is 8.15. The topological polar surface area (TPSA) is 98.8 Å². The van der Waals surface area contributed by atoms with Gasteiger partial charge in [-0.05, 0) is 49.9 Å². The quantitative estimate of drug-likeness (QED) is 0.705. The molecule has 1 aliphatic carbocycles. The number of pyridine rings is 1. The molecule has 2 heterocycles. The number of nitrogens with two attached hydrogens (primary N) is 1. The highest BCUT2D eigenvalue weighted by atomic mass is 19.3. The van der Waals surface area contributed by atoms with Gasteiger partial charge in [0.2, 0.25) is 5.88 Å². The molecule has 1 atom stereocenters. The zero-order valence-electron chi connectivity index (χ0n) is 17.4. The molecule has 0 saturated heterocycles. The molecule has 1 fully saturated rings. The lowest BCUT2D eigenvalue weighted by Gasteiger charge is -2.33. The number of aliphatic imine (C=N–C) groups is 1. The van der Waals surface area contributed by atoms with E-state index in [0.29, 0.717) is 18.4 Å². The zero-order chi connectivity index (χ0) is 22.9. The van der Waals surface area contributed by atoms with E-state index in [0.717, 1.165) is 31.9 Å². The van der Waals surface area contributed by atoms with E-state index in [1.54, 1.807) is 12.1 Å². The number of halogens is 3. The van der Waals surface area contributed by atoms with Gasteiger partial charge in [0.1, 0.15) is 30.6 Å². The number of carbonyl (C=O) groups is 1. The first kappa shape index (κ1) is 22.1. The van der Waals surface area contributed by atoms with E-state index in [-0.39, 0.29) is 23.8 Å². The summed E-state index contributed by atoms with van der Waals surface area (Å²) in [5.41, 5.74) is 3.11. The number of rotatable bonds is 6. The van der Waals surface area contributed by atoms with Gasteiger partial charge in [-0.25, -0.2) is 18.2 Å². The number of amides is 1. The number of hydrogen-bond donors (Lipinski definition) is 2. The Balaban J connectivity index is 1.58. The van der Waals surface area contributed by atoms with Crippen LogP contribution in [0, 0.1) is 11.7 Å². The fourth-order valence-corrected chi connectivity index (χ4v) is 3.36. The fourth-order valence-electron chi connectivity index (χ4n) is 3.36. The van der Waals surface area contributed by atoms with Crippen molar-refractivity contribution >= 4 is 17.4 Å². The Morgan fingerprint density at radius 2 is 2.09 bits per heavy atom. The number of aromatic nitrogens is 1. The van der Waals surface area contributed by atoms with E-state index in [1.807, 2.05) is 0 Å². The van der Waals surface area contributed by atoms with Crippen molar-refractivity contribution in [2.45, 2.75) is 31.2 Å². The predicted molar refractivity (Wildman–Crippen MR) is 112 cm³/mol. The number of nitrogens with one attached hydrogen (secondary N) is 1. The highest BCUT2D eigenvalue weighted by molar-refractivity contribution is 6.03. The van der Waals surface area contributed by atoms with Gasteiger partial charge in [0.15, 0.2) is 5.54 Å². The Hall–Kier alpha value is -3.14. The third-order valence-electron chi connectivity index (χ3n) is 5.48. The predicted octanol–water partition coefficient (Wildman–Crippen LogP) is 3.50. The van der Waals surface area contributed by atoms with Crippen molar-refractivity contribution in [1.29, 1.82) is 0 Å². The molecule has 10 heteroatoms. The average Bonchev–Trinajstić information content (AvgIpc) is 3.58. The molecule has 0 bridgehead atoms. The van der Waals surface area contributed by atoms with E-state index in [2.05, 4.69) is 15.3 Å². The molecule has 2 aromatic rings. The molecule has 4 rings (SSSR count). The second-order valence-corrected chi connectivity index (χ2v) is 8.14. The van der Waals surface area contributed by atoms with Crippen LogP contribution < -0.4 is 15.8 Å². The largest absolute Gasteiger partial charge is 0.477 e. The van der Waals surface area contributed by atoms with Crippen LogP contribution in [0.25, 0.3) is 0 Å². The minimum atomic E-state index is -3.54. The van der Waals surface area contributed by atoms with Crippen molar-refractivity contribution < 1.29 is 27.4 Å². The molecular formula is C22H23F3N4O3. The third kappa shape index (κ3) is 4.55. The smallest absolute Gasteiger partial charge is 0.299 e. The molecule has 1 aliphatic heterocycles. The minimum absolute atomic E-state index is 0.0749. The number of amidine groups is 1. The Bertz CT molecular complexity index is 1060. The molecule has 7 nitrogen and oxygen atoms in total. The number of anilines is 1. The lowest BCUT2D eigenvalue weighted by Crippen LogP contribution is -2.45. The maximum Gasteiger partial charge on any atom is 0.299 e. The van der Waals surface area contributed by atoms with E-state index in [1.165, 1.54) is 12.1 Å². The second kappa shape index (κ2) is 8.42. The molecule has 0 unspecified atom stereocenters. The molecule has 3 N–H and O–H groups in total. The third-order valence-corrected chi connectivity index (χ3v) is 5.48. The highest BCUT2D eigenvalue weighted by Gasteiger charge is 2.54. The van der Waals surface area contributed by atoms with Crippen molar-refractivity contribution in [2.75, 3.05) is 25.1 Å². The Kier molecular flexibility index (Phi) is 5.81. The summed E-state index contributed by atoms with van der Waals surface area (Å²) in [6.07, 6.45) is 2.24. The van der Waals surface area contributed by atoms with Crippen LogP contribution in [0.15, 0.2) is 41.4 Å². The lowest BCUT2D eigenvalue weighted by molar-refractivity contribution is -0.116. The van der Waals surface area contributed by atoms with Gasteiger partial charge >= 0.3 is 0 Å². The normalized spacial score (nSPS) is 22.6. The van der Waals surface area contributed by atoms with Crippen molar-refractivity contribution in [3.05, 3.63) is 53.5 Å². The second-order valence-electron chi connectivity index (χ2n) is 8.14. The van der Waals surface area contributed by atoms with Crippen molar-refractivity contribution in [2.24, 2.45) is 16.6 Å². The van der Waals surface area contributed by atoms with Crippen LogP contribution in [0.1, 0.15) is 35.8 Å². The molecular weight excluding hydrogens is 425 g/mol. The van der Waals surface area contributed by atoms with Crippen LogP contribution in [0.2, 0.25) is 0 Å². The van der Waals surface area contributed by atoms with Gasteiger partial charge in [0.05, 0.1) is 6.61 Å².